The van der Waals surface area contributed by atoms with Crippen LogP contribution in [0.3, 0.4) is 0 Å². The van der Waals surface area contributed by atoms with Gasteiger partial charge in [-0.2, -0.15) is 0 Å². The summed E-state index contributed by atoms with van der Waals surface area (Å²) >= 11 is 0. The fraction of sp³-hybridized carbons (Fsp3) is 0.481. The summed E-state index contributed by atoms with van der Waals surface area (Å²) in [7, 11) is 2.80. The second-order valence-electron chi connectivity index (χ2n) is 10.8. The van der Waals surface area contributed by atoms with Crippen molar-refractivity contribution in [2.24, 2.45) is 10.4 Å². The number of aromatic hydroxyl groups is 1. The number of nitrogens with one attached hydrogen (secondary N) is 1. The summed E-state index contributed by atoms with van der Waals surface area (Å²) in [5.74, 6) is -1.55. The first-order valence-electron chi connectivity index (χ1n) is 13.3. The summed E-state index contributed by atoms with van der Waals surface area (Å²) in [6.45, 7) is 8.04. The quantitative estimate of drug-likeness (QED) is 0.416. The maximum absolute atomic E-state index is 13.8. The van der Waals surface area contributed by atoms with E-state index in [0.29, 0.717) is 24.3 Å². The summed E-state index contributed by atoms with van der Waals surface area (Å²) in [6.07, 6.45) is 1.26. The van der Waals surface area contributed by atoms with Crippen LogP contribution in [-0.2, 0) is 16.0 Å². The van der Waals surface area contributed by atoms with Crippen molar-refractivity contribution in [3.8, 4) is 5.88 Å². The molecular formula is C27H33N7O6. The molecule has 3 aliphatic rings. The minimum absolute atomic E-state index is 0.0775. The lowest BCUT2D eigenvalue weighted by Crippen LogP contribution is -2.74. The van der Waals surface area contributed by atoms with E-state index in [1.807, 2.05) is 13.0 Å². The van der Waals surface area contributed by atoms with Gasteiger partial charge < -0.3 is 10.0 Å². The number of urea groups is 1. The molecule has 1 aromatic heterocycles. The van der Waals surface area contributed by atoms with Crippen LogP contribution in [0.25, 0.3) is 0 Å². The maximum Gasteiger partial charge on any atom is 0.332 e. The van der Waals surface area contributed by atoms with Crippen LogP contribution < -0.4 is 16.1 Å². The Morgan fingerprint density at radius 1 is 1.10 bits per heavy atom. The topological polar surface area (TPSA) is 152 Å². The molecule has 2 N–H and O–H groups in total. The van der Waals surface area contributed by atoms with Gasteiger partial charge in [-0.1, -0.05) is 6.92 Å². The number of anilines is 1. The molecule has 0 saturated carbocycles. The number of likely N-dealkylation sites (N-methyl/N-ethyl adjacent to an activating group) is 1. The largest absolute Gasteiger partial charge is 0.494 e. The van der Waals surface area contributed by atoms with Gasteiger partial charge in [-0.25, -0.2) is 9.59 Å². The number of barbiturate groups is 1. The zero-order valence-electron chi connectivity index (χ0n) is 23.2. The second kappa shape index (κ2) is 9.73. The number of imide groups is 2. The molecule has 2 aromatic rings. The Kier molecular flexibility index (Phi) is 6.65. The third kappa shape index (κ3) is 3.95. The molecular weight excluding hydrogens is 518 g/mol. The van der Waals surface area contributed by atoms with Crippen molar-refractivity contribution in [2.75, 3.05) is 45.2 Å². The van der Waals surface area contributed by atoms with Crippen LogP contribution in [0.1, 0.15) is 37.9 Å². The molecule has 1 unspecified atom stereocenters. The highest BCUT2D eigenvalue weighted by Gasteiger charge is 2.63. The number of hydrogen-bond donors (Lipinski definition) is 2. The van der Waals surface area contributed by atoms with Gasteiger partial charge >= 0.3 is 11.7 Å². The van der Waals surface area contributed by atoms with Crippen molar-refractivity contribution in [2.45, 2.75) is 39.3 Å². The summed E-state index contributed by atoms with van der Waals surface area (Å²) in [6, 6.07) is 3.86. The van der Waals surface area contributed by atoms with E-state index in [1.54, 1.807) is 26.0 Å². The molecule has 3 aliphatic heterocycles. The second-order valence-corrected chi connectivity index (χ2v) is 10.8. The number of rotatable bonds is 4. The van der Waals surface area contributed by atoms with Gasteiger partial charge in [0.2, 0.25) is 17.7 Å². The van der Waals surface area contributed by atoms with E-state index in [-0.39, 0.29) is 12.0 Å². The number of benzene rings is 1. The zero-order chi connectivity index (χ0) is 29.1. The SMILES string of the molecule is CCN1CCN2c3ccc(N=Cc4c(O)n(C(C)C)c(=O)[nH]c4=O)cc3CC3(C(=O)N(C)C(=O)N(C)C3=O)C2C1. The van der Waals surface area contributed by atoms with Crippen LogP contribution >= 0.6 is 0 Å². The van der Waals surface area contributed by atoms with Gasteiger partial charge in [0.05, 0.1) is 11.7 Å². The number of nitrogens with zero attached hydrogens (tertiary/aromatic N) is 6. The molecule has 0 radical (unpaired) electrons. The fourth-order valence-corrected chi connectivity index (χ4v) is 6.14. The van der Waals surface area contributed by atoms with Crippen molar-refractivity contribution in [1.29, 1.82) is 0 Å². The highest BCUT2D eigenvalue weighted by Crippen LogP contribution is 2.47. The molecule has 212 valence electrons. The Hall–Kier alpha value is -4.26. The Balaban J connectivity index is 1.60. The predicted octanol–water partition coefficient (Wildman–Crippen LogP) is 0.677. The van der Waals surface area contributed by atoms with Gasteiger partial charge in [-0.3, -0.25) is 43.6 Å². The van der Waals surface area contributed by atoms with Crippen molar-refractivity contribution < 1.29 is 19.5 Å². The summed E-state index contributed by atoms with van der Waals surface area (Å²) in [5, 5.41) is 10.6. The van der Waals surface area contributed by atoms with Gasteiger partial charge in [0.25, 0.3) is 5.56 Å². The van der Waals surface area contributed by atoms with Gasteiger partial charge in [-0.05, 0) is 50.6 Å². The van der Waals surface area contributed by atoms with Crippen LogP contribution in [0.15, 0.2) is 32.8 Å². The number of H-pyrrole nitrogens is 1. The van der Waals surface area contributed by atoms with E-state index in [0.717, 1.165) is 33.1 Å². The molecule has 40 heavy (non-hydrogen) atoms. The number of hydrogen-bond acceptors (Lipinski definition) is 9. The number of aromatic amines is 1. The number of aromatic nitrogens is 2. The highest BCUT2D eigenvalue weighted by molar-refractivity contribution is 6.20. The zero-order valence-corrected chi connectivity index (χ0v) is 23.2. The van der Waals surface area contributed by atoms with Crippen LogP contribution in [0, 0.1) is 5.41 Å². The molecule has 1 spiro atoms. The third-order valence-corrected chi connectivity index (χ3v) is 8.28. The molecule has 13 nitrogen and oxygen atoms in total. The van der Waals surface area contributed by atoms with E-state index in [1.165, 1.54) is 20.3 Å². The number of carbonyl (C=O) groups excluding carboxylic acids is 3. The lowest BCUT2D eigenvalue weighted by atomic mass is 9.67. The third-order valence-electron chi connectivity index (χ3n) is 8.28. The lowest BCUT2D eigenvalue weighted by Gasteiger charge is -2.56. The fourth-order valence-electron chi connectivity index (χ4n) is 6.14. The number of aliphatic imine (C=N–C) groups is 1. The Bertz CT molecular complexity index is 1530. The van der Waals surface area contributed by atoms with Crippen molar-refractivity contribution in [1.82, 2.24) is 24.3 Å². The first kappa shape index (κ1) is 27.3. The maximum atomic E-state index is 13.8. The lowest BCUT2D eigenvalue weighted by molar-refractivity contribution is -0.160. The number of carbonyl (C=O) groups is 3. The van der Waals surface area contributed by atoms with Crippen molar-refractivity contribution >= 4 is 35.4 Å². The van der Waals surface area contributed by atoms with Crippen molar-refractivity contribution in [3.05, 3.63) is 50.2 Å². The molecule has 0 aliphatic carbocycles. The minimum Gasteiger partial charge on any atom is -0.494 e. The molecule has 0 bridgehead atoms. The van der Waals surface area contributed by atoms with Crippen LogP contribution in [0.2, 0.25) is 0 Å². The van der Waals surface area contributed by atoms with E-state index in [4.69, 9.17) is 0 Å². The first-order chi connectivity index (χ1) is 18.9. The summed E-state index contributed by atoms with van der Waals surface area (Å²) in [5.41, 5.74) is -1.15. The van der Waals surface area contributed by atoms with E-state index >= 15 is 0 Å². The van der Waals surface area contributed by atoms with Gasteiger partial charge in [-0.15, -0.1) is 0 Å². The van der Waals surface area contributed by atoms with Gasteiger partial charge in [0, 0.05) is 51.7 Å². The molecule has 1 aromatic carbocycles. The van der Waals surface area contributed by atoms with E-state index < -0.39 is 52.5 Å². The number of amides is 4. The number of fused-ring (bicyclic) bond motifs is 4. The van der Waals surface area contributed by atoms with Crippen LogP contribution in [0.4, 0.5) is 16.2 Å². The predicted molar refractivity (Wildman–Crippen MR) is 147 cm³/mol. The average molecular weight is 552 g/mol. The van der Waals surface area contributed by atoms with Gasteiger partial charge in [0.15, 0.2) is 5.41 Å². The number of piperazine rings is 1. The Morgan fingerprint density at radius 2 is 1.77 bits per heavy atom. The van der Waals surface area contributed by atoms with Gasteiger partial charge in [0.1, 0.15) is 5.56 Å². The van der Waals surface area contributed by atoms with E-state index in [2.05, 4.69) is 19.8 Å². The van der Waals surface area contributed by atoms with Crippen molar-refractivity contribution in [3.63, 3.8) is 0 Å². The normalized spacial score (nSPS) is 21.1. The molecule has 5 rings (SSSR count). The van der Waals surface area contributed by atoms with Crippen LogP contribution in [0.5, 0.6) is 5.88 Å². The molecule has 13 heteroatoms. The highest BCUT2D eigenvalue weighted by atomic mass is 16.3. The monoisotopic (exact) mass is 551 g/mol. The molecule has 4 heterocycles. The molecule has 4 amide bonds. The smallest absolute Gasteiger partial charge is 0.332 e. The van der Waals surface area contributed by atoms with E-state index in [9.17, 15) is 29.1 Å². The summed E-state index contributed by atoms with van der Waals surface area (Å²) in [4.78, 5) is 77.7. The molecule has 2 saturated heterocycles. The first-order valence-corrected chi connectivity index (χ1v) is 13.3. The average Bonchev–Trinajstić information content (AvgIpc) is 2.92. The molecule has 1 atom stereocenters. The summed E-state index contributed by atoms with van der Waals surface area (Å²) < 4.78 is 1.06. The Morgan fingerprint density at radius 3 is 2.40 bits per heavy atom. The minimum atomic E-state index is -1.50. The Labute approximate surface area is 230 Å². The van der Waals surface area contributed by atoms with Crippen LogP contribution in [-0.4, -0.2) is 99.7 Å². The standard InChI is InChI=1S/C27H33N7O6/c1-6-32-9-10-33-19-8-7-17(28-13-18-21(35)29-25(39)34(15(2)3)22(18)36)11-16(19)12-27(20(33)14-32)23(37)30(4)26(40)31(5)24(27)38/h7-8,11,13,15,20,36H,6,9-10,12,14H2,1-5H3,(H,29,35,39). The molecule has 2 fully saturated rings.